The van der Waals surface area contributed by atoms with Crippen molar-refractivity contribution in [3.8, 4) is 5.69 Å². The Bertz CT molecular complexity index is 679. The van der Waals surface area contributed by atoms with Gasteiger partial charge in [-0.1, -0.05) is 0 Å². The summed E-state index contributed by atoms with van der Waals surface area (Å²) < 4.78 is 51.1. The number of aromatic nitrogens is 4. The van der Waals surface area contributed by atoms with Crippen LogP contribution in [0.1, 0.15) is 5.56 Å². The van der Waals surface area contributed by atoms with Crippen LogP contribution in [0.5, 0.6) is 0 Å². The van der Waals surface area contributed by atoms with Crippen molar-refractivity contribution in [1.82, 2.24) is 20.2 Å². The van der Waals surface area contributed by atoms with Crippen molar-refractivity contribution in [2.45, 2.75) is 18.0 Å². The maximum absolute atomic E-state index is 13.8. The number of rotatable bonds is 3. The van der Waals surface area contributed by atoms with Crippen molar-refractivity contribution < 1.29 is 17.6 Å². The molecule has 108 valence electrons. The van der Waals surface area contributed by atoms with Crippen LogP contribution < -0.4 is 5.69 Å². The fourth-order valence-corrected chi connectivity index (χ4v) is 2.28. The molecule has 0 aliphatic heterocycles. The van der Waals surface area contributed by atoms with Crippen molar-refractivity contribution in [2.24, 2.45) is 0 Å². The second kappa shape index (κ2) is 5.27. The third kappa shape index (κ3) is 3.18. The minimum absolute atomic E-state index is 0.216. The van der Waals surface area contributed by atoms with Gasteiger partial charge < -0.3 is 0 Å². The van der Waals surface area contributed by atoms with E-state index in [1.807, 2.05) is 5.10 Å². The Labute approximate surface area is 114 Å². The van der Waals surface area contributed by atoms with Crippen LogP contribution in [0.15, 0.2) is 21.8 Å². The number of hydrogen-bond donors (Lipinski definition) is 1. The van der Waals surface area contributed by atoms with Gasteiger partial charge in [0.1, 0.15) is 11.5 Å². The maximum atomic E-state index is 13.8. The van der Waals surface area contributed by atoms with Gasteiger partial charge in [-0.25, -0.2) is 14.3 Å². The molecule has 1 heterocycles. The summed E-state index contributed by atoms with van der Waals surface area (Å²) in [5, 5.41) is 8.53. The Kier molecular flexibility index (Phi) is 3.84. The molecule has 0 amide bonds. The Balaban J connectivity index is 2.40. The molecule has 0 bridgehead atoms. The van der Waals surface area contributed by atoms with Crippen molar-refractivity contribution in [1.29, 1.82) is 0 Å². The number of alkyl halides is 3. The highest BCUT2D eigenvalue weighted by atomic mass is 32.2. The number of benzene rings is 1. The average Bonchev–Trinajstić information content (AvgIpc) is 2.73. The van der Waals surface area contributed by atoms with Crippen molar-refractivity contribution in [3.05, 3.63) is 34.0 Å². The van der Waals surface area contributed by atoms with Crippen molar-refractivity contribution in [2.75, 3.05) is 5.75 Å². The highest BCUT2D eigenvalue weighted by Crippen LogP contribution is 2.31. The van der Waals surface area contributed by atoms with Crippen LogP contribution in [0, 0.1) is 12.7 Å². The van der Waals surface area contributed by atoms with E-state index in [2.05, 4.69) is 10.4 Å². The highest BCUT2D eigenvalue weighted by Gasteiger charge is 2.28. The molecule has 2 rings (SSSR count). The first-order chi connectivity index (χ1) is 9.28. The monoisotopic (exact) mass is 308 g/mol. The zero-order valence-electron chi connectivity index (χ0n) is 10.0. The predicted molar refractivity (Wildman–Crippen MR) is 63.5 cm³/mol. The van der Waals surface area contributed by atoms with Gasteiger partial charge in [-0.3, -0.25) is 0 Å². The Hall–Kier alpha value is -1.84. The molecule has 20 heavy (non-hydrogen) atoms. The summed E-state index contributed by atoms with van der Waals surface area (Å²) in [6.45, 7) is 1.48. The first kappa shape index (κ1) is 14.6. The van der Waals surface area contributed by atoms with E-state index in [1.54, 1.807) is 0 Å². The zero-order chi connectivity index (χ0) is 14.9. The molecular weight excluding hydrogens is 300 g/mol. The number of H-pyrrole nitrogens is 1. The summed E-state index contributed by atoms with van der Waals surface area (Å²) in [6.07, 6.45) is -4.34. The van der Waals surface area contributed by atoms with E-state index in [1.165, 1.54) is 6.92 Å². The number of aryl methyl sites for hydroxylation is 1. The van der Waals surface area contributed by atoms with Gasteiger partial charge in [0, 0.05) is 4.90 Å². The molecule has 1 aromatic carbocycles. The van der Waals surface area contributed by atoms with Gasteiger partial charge in [-0.2, -0.15) is 17.9 Å². The number of hydrogen-bond acceptors (Lipinski definition) is 4. The Morgan fingerprint density at radius 2 is 2.10 bits per heavy atom. The number of thioether (sulfide) groups is 1. The smallest absolute Gasteiger partial charge is 0.244 e. The molecule has 0 radical (unpaired) electrons. The molecule has 2 aromatic rings. The summed E-state index contributed by atoms with van der Waals surface area (Å²) in [7, 11) is 0. The lowest BCUT2D eigenvalue weighted by Crippen LogP contribution is -2.17. The van der Waals surface area contributed by atoms with E-state index < -0.39 is 23.4 Å². The summed E-state index contributed by atoms with van der Waals surface area (Å²) in [6, 6.07) is 2.19. The van der Waals surface area contributed by atoms with E-state index in [0.29, 0.717) is 22.0 Å². The number of nitrogens with zero attached hydrogens (tertiary/aromatic N) is 3. The molecular formula is C10H8F4N4OS. The standard InChI is InChI=1S/C10H8F4N4OS/c1-5-2-6(11)7(18-9(19)15-16-17-18)3-8(5)20-4-10(12,13)14/h2-3H,4H2,1H3,(H,15,17,19). The first-order valence-electron chi connectivity index (χ1n) is 5.28. The van der Waals surface area contributed by atoms with Crippen LogP contribution in [0.25, 0.3) is 5.69 Å². The van der Waals surface area contributed by atoms with Gasteiger partial charge in [0.25, 0.3) is 0 Å². The minimum atomic E-state index is -4.34. The van der Waals surface area contributed by atoms with Gasteiger partial charge in [0.2, 0.25) is 0 Å². The normalized spacial score (nSPS) is 11.8. The van der Waals surface area contributed by atoms with Crippen LogP contribution in [0.4, 0.5) is 17.6 Å². The van der Waals surface area contributed by atoms with Crippen LogP contribution in [-0.4, -0.2) is 32.1 Å². The van der Waals surface area contributed by atoms with Crippen molar-refractivity contribution in [3.63, 3.8) is 0 Å². The molecule has 0 saturated heterocycles. The van der Waals surface area contributed by atoms with E-state index in [0.717, 1.165) is 12.1 Å². The first-order valence-corrected chi connectivity index (χ1v) is 6.27. The lowest BCUT2D eigenvalue weighted by molar-refractivity contribution is -0.105. The van der Waals surface area contributed by atoms with E-state index in [4.69, 9.17) is 0 Å². The molecule has 10 heteroatoms. The summed E-state index contributed by atoms with van der Waals surface area (Å²) in [5.41, 5.74) is -0.685. The molecule has 1 aromatic heterocycles. The van der Waals surface area contributed by atoms with E-state index in [-0.39, 0.29) is 10.6 Å². The van der Waals surface area contributed by atoms with Crippen LogP contribution in [0.3, 0.4) is 0 Å². The molecule has 5 nitrogen and oxygen atoms in total. The number of halogens is 4. The molecule has 0 fully saturated rings. The van der Waals surface area contributed by atoms with Crippen LogP contribution in [0.2, 0.25) is 0 Å². The highest BCUT2D eigenvalue weighted by molar-refractivity contribution is 7.99. The molecule has 0 aliphatic carbocycles. The largest absolute Gasteiger partial charge is 0.398 e. The molecule has 0 aliphatic rings. The summed E-state index contributed by atoms with van der Waals surface area (Å²) in [4.78, 5) is 11.5. The molecule has 0 saturated carbocycles. The average molecular weight is 308 g/mol. The van der Waals surface area contributed by atoms with Gasteiger partial charge in [0.15, 0.2) is 0 Å². The van der Waals surface area contributed by atoms with Gasteiger partial charge >= 0.3 is 11.9 Å². The second-order valence-corrected chi connectivity index (χ2v) is 4.91. The SMILES string of the molecule is Cc1cc(F)c(-n2nn[nH]c2=O)cc1SCC(F)(F)F. The van der Waals surface area contributed by atoms with Crippen molar-refractivity contribution >= 4 is 11.8 Å². The Morgan fingerprint density at radius 3 is 2.65 bits per heavy atom. The number of nitrogens with one attached hydrogen (secondary N) is 1. The van der Waals surface area contributed by atoms with E-state index >= 15 is 0 Å². The maximum Gasteiger partial charge on any atom is 0.398 e. The van der Waals surface area contributed by atoms with Crippen LogP contribution >= 0.6 is 11.8 Å². The molecule has 0 spiro atoms. The molecule has 0 atom stereocenters. The Morgan fingerprint density at radius 1 is 1.40 bits per heavy atom. The molecule has 1 N–H and O–H groups in total. The minimum Gasteiger partial charge on any atom is -0.244 e. The lowest BCUT2D eigenvalue weighted by Gasteiger charge is -2.10. The molecule has 0 unspecified atom stereocenters. The quantitative estimate of drug-likeness (QED) is 0.696. The third-order valence-corrected chi connectivity index (χ3v) is 3.56. The number of aromatic amines is 1. The topological polar surface area (TPSA) is 63.6 Å². The summed E-state index contributed by atoms with van der Waals surface area (Å²) in [5.74, 6) is -1.87. The fourth-order valence-electron chi connectivity index (χ4n) is 1.47. The number of tetrazole rings is 1. The van der Waals surface area contributed by atoms with Gasteiger partial charge in [-0.15, -0.1) is 11.8 Å². The zero-order valence-corrected chi connectivity index (χ0v) is 10.8. The lowest BCUT2D eigenvalue weighted by atomic mass is 10.2. The van der Waals surface area contributed by atoms with E-state index in [9.17, 15) is 22.4 Å². The van der Waals surface area contributed by atoms with Gasteiger partial charge in [-0.05, 0) is 35.0 Å². The predicted octanol–water partition coefficient (Wildman–Crippen LogP) is 2.06. The third-order valence-electron chi connectivity index (χ3n) is 2.34. The fraction of sp³-hybridized carbons (Fsp3) is 0.300. The van der Waals surface area contributed by atoms with Gasteiger partial charge in [0.05, 0.1) is 5.75 Å². The van der Waals surface area contributed by atoms with Crippen LogP contribution in [-0.2, 0) is 0 Å². The summed E-state index contributed by atoms with van der Waals surface area (Å²) >= 11 is 0.515. The second-order valence-electron chi connectivity index (χ2n) is 3.89.